The molecule has 0 fully saturated rings. The van der Waals surface area contributed by atoms with E-state index in [0.29, 0.717) is 17.2 Å². The number of ether oxygens (including phenoxy) is 2. The van der Waals surface area contributed by atoms with Crippen LogP contribution in [0.25, 0.3) is 26.7 Å². The van der Waals surface area contributed by atoms with Crippen molar-refractivity contribution in [3.8, 4) is 33.2 Å². The summed E-state index contributed by atoms with van der Waals surface area (Å²) in [7, 11) is 3.24. The van der Waals surface area contributed by atoms with Gasteiger partial charge in [-0.2, -0.15) is 0 Å². The van der Waals surface area contributed by atoms with Gasteiger partial charge in [-0.15, -0.1) is 0 Å². The van der Waals surface area contributed by atoms with Gasteiger partial charge in [0.1, 0.15) is 11.5 Å². The second kappa shape index (κ2) is 6.82. The minimum absolute atomic E-state index is 0.123. The van der Waals surface area contributed by atoms with Crippen molar-refractivity contribution in [2.75, 3.05) is 14.2 Å². The molecule has 0 spiro atoms. The lowest BCUT2D eigenvalue weighted by atomic mass is 10.1. The Kier molecular flexibility index (Phi) is 4.36. The van der Waals surface area contributed by atoms with Crippen molar-refractivity contribution < 1.29 is 14.6 Å². The number of hydrogen-bond acceptors (Lipinski definition) is 5. The molecule has 4 aromatic rings. The predicted molar refractivity (Wildman–Crippen MR) is 103 cm³/mol. The van der Waals surface area contributed by atoms with Gasteiger partial charge in [-0.05, 0) is 23.8 Å². The van der Waals surface area contributed by atoms with Gasteiger partial charge >= 0.3 is 0 Å². The molecule has 2 heterocycles. The van der Waals surface area contributed by atoms with Gasteiger partial charge in [0.05, 0.1) is 37.1 Å². The summed E-state index contributed by atoms with van der Waals surface area (Å²) in [5.74, 6) is 1.40. The second-order valence-corrected chi connectivity index (χ2v) is 6.75. The predicted octanol–water partition coefficient (Wildman–Crippen LogP) is 4.24. The van der Waals surface area contributed by atoms with Crippen molar-refractivity contribution in [2.24, 2.45) is 0 Å². The third-order valence-corrected chi connectivity index (χ3v) is 5.33. The average molecular weight is 366 g/mol. The molecule has 0 aliphatic rings. The van der Waals surface area contributed by atoms with Crippen LogP contribution in [-0.2, 0) is 6.61 Å². The van der Waals surface area contributed by atoms with E-state index < -0.39 is 0 Å². The zero-order valence-corrected chi connectivity index (χ0v) is 15.3. The Hall–Kier alpha value is -2.83. The zero-order valence-electron chi connectivity index (χ0n) is 14.5. The Morgan fingerprint density at radius 1 is 1.08 bits per heavy atom. The van der Waals surface area contributed by atoms with Crippen molar-refractivity contribution >= 4 is 16.3 Å². The van der Waals surface area contributed by atoms with Crippen LogP contribution < -0.4 is 9.47 Å². The maximum Gasteiger partial charge on any atom is 0.195 e. The lowest BCUT2D eigenvalue weighted by Crippen LogP contribution is -1.95. The summed E-state index contributed by atoms with van der Waals surface area (Å²) in [5.41, 5.74) is 3.36. The normalized spacial score (nSPS) is 11.0. The van der Waals surface area contributed by atoms with E-state index in [4.69, 9.17) is 14.5 Å². The van der Waals surface area contributed by atoms with Gasteiger partial charge in [0.2, 0.25) is 0 Å². The number of benzene rings is 2. The molecule has 0 radical (unpaired) electrons. The lowest BCUT2D eigenvalue weighted by Gasteiger charge is -2.10. The van der Waals surface area contributed by atoms with Crippen LogP contribution in [0, 0.1) is 0 Å². The number of methoxy groups -OCH3 is 2. The summed E-state index contributed by atoms with van der Waals surface area (Å²) < 4.78 is 12.8. The Morgan fingerprint density at radius 3 is 2.58 bits per heavy atom. The fourth-order valence-corrected chi connectivity index (χ4v) is 4.00. The maximum atomic E-state index is 10.0. The molecule has 0 bridgehead atoms. The van der Waals surface area contributed by atoms with E-state index in [1.807, 2.05) is 47.0 Å². The molecule has 0 atom stereocenters. The highest BCUT2D eigenvalue weighted by Crippen LogP contribution is 2.38. The fraction of sp³-hybridized carbons (Fsp3) is 0.150. The van der Waals surface area contributed by atoms with Crippen LogP contribution in [0.3, 0.4) is 0 Å². The van der Waals surface area contributed by atoms with Gasteiger partial charge < -0.3 is 14.6 Å². The average Bonchev–Trinajstić information content (AvgIpc) is 3.25. The molecule has 26 heavy (non-hydrogen) atoms. The molecule has 6 heteroatoms. The standard InChI is InChI=1S/C20H18N2O3S/c1-24-14-8-9-17(25-2)15(10-14)19-16(12-23)22-11-18(26-20(22)21-19)13-6-4-3-5-7-13/h3-11,23H,12H2,1-2H3. The first-order valence-electron chi connectivity index (χ1n) is 8.14. The minimum atomic E-state index is -0.123. The SMILES string of the molecule is COc1ccc(OC)c(-c2nc3sc(-c4ccccc4)cn3c2CO)c1. The topological polar surface area (TPSA) is 56.0 Å². The van der Waals surface area contributed by atoms with Crippen LogP contribution in [-0.4, -0.2) is 28.7 Å². The van der Waals surface area contributed by atoms with E-state index in [-0.39, 0.29) is 6.61 Å². The third kappa shape index (κ3) is 2.73. The van der Waals surface area contributed by atoms with Crippen molar-refractivity contribution in [3.63, 3.8) is 0 Å². The van der Waals surface area contributed by atoms with Crippen LogP contribution in [0.1, 0.15) is 5.69 Å². The van der Waals surface area contributed by atoms with Crippen LogP contribution in [0.4, 0.5) is 0 Å². The highest BCUT2D eigenvalue weighted by molar-refractivity contribution is 7.20. The number of hydrogen-bond donors (Lipinski definition) is 1. The summed E-state index contributed by atoms with van der Waals surface area (Å²) >= 11 is 1.59. The Morgan fingerprint density at radius 2 is 1.88 bits per heavy atom. The molecule has 2 aromatic carbocycles. The molecule has 1 N–H and O–H groups in total. The molecule has 0 aliphatic carbocycles. The van der Waals surface area contributed by atoms with Gasteiger partial charge in [0.25, 0.3) is 0 Å². The van der Waals surface area contributed by atoms with Gasteiger partial charge in [0, 0.05) is 11.8 Å². The molecule has 132 valence electrons. The van der Waals surface area contributed by atoms with E-state index in [1.54, 1.807) is 25.6 Å². The molecular weight excluding hydrogens is 348 g/mol. The lowest BCUT2D eigenvalue weighted by molar-refractivity contribution is 0.276. The van der Waals surface area contributed by atoms with E-state index in [9.17, 15) is 5.11 Å². The third-order valence-electron chi connectivity index (χ3n) is 4.30. The van der Waals surface area contributed by atoms with Crippen LogP contribution in [0.15, 0.2) is 54.7 Å². The quantitative estimate of drug-likeness (QED) is 0.574. The number of imidazole rings is 1. The fourth-order valence-electron chi connectivity index (χ4n) is 2.99. The molecular formula is C20H18N2O3S. The first-order valence-corrected chi connectivity index (χ1v) is 8.96. The summed E-state index contributed by atoms with van der Waals surface area (Å²) in [5, 5.41) is 10.0. The number of rotatable bonds is 5. The monoisotopic (exact) mass is 366 g/mol. The molecule has 2 aromatic heterocycles. The van der Waals surface area contributed by atoms with Crippen molar-refractivity contribution in [2.45, 2.75) is 6.61 Å². The van der Waals surface area contributed by atoms with Gasteiger partial charge in [0.15, 0.2) is 4.96 Å². The smallest absolute Gasteiger partial charge is 0.195 e. The first-order chi connectivity index (χ1) is 12.7. The first kappa shape index (κ1) is 16.6. The number of thiazole rings is 1. The van der Waals surface area contributed by atoms with Crippen molar-refractivity contribution in [3.05, 3.63) is 60.4 Å². The number of fused-ring (bicyclic) bond motifs is 1. The van der Waals surface area contributed by atoms with Gasteiger partial charge in [-0.1, -0.05) is 41.7 Å². The van der Waals surface area contributed by atoms with Crippen LogP contribution in [0.5, 0.6) is 11.5 Å². The van der Waals surface area contributed by atoms with E-state index in [1.165, 1.54) is 0 Å². The summed E-state index contributed by atoms with van der Waals surface area (Å²) in [6, 6.07) is 15.7. The molecule has 0 amide bonds. The Balaban J connectivity index is 1.88. The minimum Gasteiger partial charge on any atom is -0.497 e. The van der Waals surface area contributed by atoms with Crippen molar-refractivity contribution in [1.29, 1.82) is 0 Å². The number of nitrogens with zero attached hydrogens (tertiary/aromatic N) is 2. The molecule has 0 saturated heterocycles. The molecule has 0 saturated carbocycles. The molecule has 5 nitrogen and oxygen atoms in total. The Labute approximate surface area is 155 Å². The number of aliphatic hydroxyl groups is 1. The number of aromatic nitrogens is 2. The maximum absolute atomic E-state index is 10.0. The van der Waals surface area contributed by atoms with Crippen molar-refractivity contribution in [1.82, 2.24) is 9.38 Å². The van der Waals surface area contributed by atoms with Gasteiger partial charge in [-0.25, -0.2) is 4.98 Å². The summed E-state index contributed by atoms with van der Waals surface area (Å²) in [6.07, 6.45) is 2.02. The van der Waals surface area contributed by atoms with Crippen LogP contribution in [0.2, 0.25) is 0 Å². The summed E-state index contributed by atoms with van der Waals surface area (Å²) in [6.45, 7) is -0.123. The highest BCUT2D eigenvalue weighted by atomic mass is 32.1. The van der Waals surface area contributed by atoms with Gasteiger partial charge in [-0.3, -0.25) is 4.40 Å². The molecule has 0 unspecified atom stereocenters. The largest absolute Gasteiger partial charge is 0.497 e. The van der Waals surface area contributed by atoms with E-state index in [0.717, 1.165) is 26.7 Å². The van der Waals surface area contributed by atoms with E-state index >= 15 is 0 Å². The van der Waals surface area contributed by atoms with Crippen LogP contribution >= 0.6 is 11.3 Å². The highest BCUT2D eigenvalue weighted by Gasteiger charge is 2.20. The number of aliphatic hydroxyl groups excluding tert-OH is 1. The second-order valence-electron chi connectivity index (χ2n) is 5.75. The molecule has 0 aliphatic heterocycles. The van der Waals surface area contributed by atoms with E-state index in [2.05, 4.69) is 12.1 Å². The Bertz CT molecular complexity index is 1050. The molecule has 4 rings (SSSR count). The zero-order chi connectivity index (χ0) is 18.1. The summed E-state index contributed by atoms with van der Waals surface area (Å²) in [4.78, 5) is 6.70.